The number of fused-ring (bicyclic) bond motifs is 1. The maximum absolute atomic E-state index is 14.5. The van der Waals surface area contributed by atoms with Crippen molar-refractivity contribution in [2.24, 2.45) is 23.7 Å². The molecule has 9 atom stereocenters. The third kappa shape index (κ3) is 4.54. The van der Waals surface area contributed by atoms with E-state index in [9.17, 15) is 19.5 Å². The molecule has 208 valence electrons. The lowest BCUT2D eigenvalue weighted by Gasteiger charge is -2.42. The molecule has 0 radical (unpaired) electrons. The van der Waals surface area contributed by atoms with Crippen molar-refractivity contribution in [1.82, 2.24) is 9.80 Å². The number of rotatable bonds is 13. The van der Waals surface area contributed by atoms with Crippen LogP contribution in [0.25, 0.3) is 0 Å². The molecule has 3 aliphatic rings. The maximum atomic E-state index is 14.5. The molecule has 3 saturated heterocycles. The van der Waals surface area contributed by atoms with Gasteiger partial charge in [-0.3, -0.25) is 14.4 Å². The van der Waals surface area contributed by atoms with Gasteiger partial charge in [0.25, 0.3) is 0 Å². The SMILES string of the molecule is C=CCOC(=O)[C@@H]1[C@H]2C(=O)N([C@@H](CO)[C@@H](C)CC)C(C(=O)N(CC=C)C(C)CCC)C23CC(C)[C@@]1(C)O3. The number of aliphatic hydroxyl groups is 1. The third-order valence-electron chi connectivity index (χ3n) is 9.28. The Morgan fingerprint density at radius 3 is 2.51 bits per heavy atom. The van der Waals surface area contributed by atoms with Crippen LogP contribution in [0.4, 0.5) is 0 Å². The van der Waals surface area contributed by atoms with Crippen LogP contribution in [0, 0.1) is 23.7 Å². The normalized spacial score (nSPS) is 34.6. The number of carbonyl (C=O) groups is 3. The number of nitrogens with zero attached hydrogens (tertiary/aromatic N) is 2. The Morgan fingerprint density at radius 2 is 1.97 bits per heavy atom. The standard InChI is InChI=1S/C29H46N2O6/c1-9-13-20(7)30(14-10-2)26(34)24-29-16-19(6)28(8,37-29)23(27(35)36-15-11-3)22(29)25(33)31(24)21(17-32)18(5)12-4/h10-11,18-24,32H,2-3,9,12-17H2,1,4-8H3/t18-,19?,20?,21-,22-,23-,24?,28+,29?/m0/s1. The van der Waals surface area contributed by atoms with Crippen LogP contribution in [0.15, 0.2) is 25.3 Å². The number of hydrogen-bond acceptors (Lipinski definition) is 6. The van der Waals surface area contributed by atoms with Gasteiger partial charge in [0.15, 0.2) is 0 Å². The Bertz CT molecular complexity index is 907. The molecule has 4 unspecified atom stereocenters. The summed E-state index contributed by atoms with van der Waals surface area (Å²) in [4.78, 5) is 45.6. The van der Waals surface area contributed by atoms with Crippen molar-refractivity contribution in [3.8, 4) is 0 Å². The molecule has 3 aliphatic heterocycles. The largest absolute Gasteiger partial charge is 0.461 e. The van der Waals surface area contributed by atoms with E-state index in [2.05, 4.69) is 20.1 Å². The number of aliphatic hydroxyl groups excluding tert-OH is 1. The number of likely N-dealkylation sites (tertiary alicyclic amines) is 1. The highest BCUT2D eigenvalue weighted by Crippen LogP contribution is 2.66. The van der Waals surface area contributed by atoms with Gasteiger partial charge >= 0.3 is 5.97 Å². The smallest absolute Gasteiger partial charge is 0.313 e. The van der Waals surface area contributed by atoms with E-state index in [1.54, 1.807) is 15.9 Å². The molecule has 3 rings (SSSR count). The molecule has 8 nitrogen and oxygen atoms in total. The van der Waals surface area contributed by atoms with Gasteiger partial charge in [-0.25, -0.2) is 0 Å². The lowest BCUT2D eigenvalue weighted by Crippen LogP contribution is -2.61. The van der Waals surface area contributed by atoms with Gasteiger partial charge in [-0.1, -0.05) is 59.3 Å². The molecular formula is C29H46N2O6. The third-order valence-corrected chi connectivity index (χ3v) is 9.28. The van der Waals surface area contributed by atoms with E-state index in [0.717, 1.165) is 19.3 Å². The first kappa shape index (κ1) is 29.4. The van der Waals surface area contributed by atoms with Crippen LogP contribution in [0.5, 0.6) is 0 Å². The summed E-state index contributed by atoms with van der Waals surface area (Å²) < 4.78 is 12.2. The van der Waals surface area contributed by atoms with Crippen LogP contribution in [-0.2, 0) is 23.9 Å². The monoisotopic (exact) mass is 518 g/mol. The minimum atomic E-state index is -1.17. The van der Waals surface area contributed by atoms with E-state index in [0.29, 0.717) is 13.0 Å². The summed E-state index contributed by atoms with van der Waals surface area (Å²) >= 11 is 0. The maximum Gasteiger partial charge on any atom is 0.313 e. The molecule has 1 N–H and O–H groups in total. The highest BCUT2D eigenvalue weighted by atomic mass is 16.6. The summed E-state index contributed by atoms with van der Waals surface area (Å²) in [5.41, 5.74) is -2.11. The zero-order valence-electron chi connectivity index (χ0n) is 23.4. The first-order valence-electron chi connectivity index (χ1n) is 13.8. The Morgan fingerprint density at radius 1 is 1.30 bits per heavy atom. The zero-order valence-corrected chi connectivity index (χ0v) is 23.4. The summed E-state index contributed by atoms with van der Waals surface area (Å²) in [6.45, 7) is 19.5. The molecule has 2 amide bonds. The molecule has 0 aromatic heterocycles. The summed E-state index contributed by atoms with van der Waals surface area (Å²) in [5.74, 6) is -2.87. The van der Waals surface area contributed by atoms with E-state index in [1.807, 2.05) is 34.6 Å². The molecule has 8 heteroatoms. The molecule has 0 aliphatic carbocycles. The second kappa shape index (κ2) is 11.3. The van der Waals surface area contributed by atoms with E-state index < -0.39 is 41.1 Å². The highest BCUT2D eigenvalue weighted by molar-refractivity contribution is 5.99. The van der Waals surface area contributed by atoms with Gasteiger partial charge in [0.2, 0.25) is 11.8 Å². The Hall–Kier alpha value is -2.19. The lowest BCUT2D eigenvalue weighted by molar-refractivity contribution is -0.164. The van der Waals surface area contributed by atoms with Crippen molar-refractivity contribution >= 4 is 17.8 Å². The van der Waals surface area contributed by atoms with Crippen LogP contribution in [0.3, 0.4) is 0 Å². The fourth-order valence-electron chi connectivity index (χ4n) is 7.07. The van der Waals surface area contributed by atoms with Crippen LogP contribution in [0.2, 0.25) is 0 Å². The average Bonchev–Trinajstić information content (AvgIpc) is 3.38. The van der Waals surface area contributed by atoms with E-state index in [-0.39, 0.29) is 42.9 Å². The summed E-state index contributed by atoms with van der Waals surface area (Å²) in [6.07, 6.45) is 6.09. The second-order valence-electron chi connectivity index (χ2n) is 11.4. The summed E-state index contributed by atoms with van der Waals surface area (Å²) in [7, 11) is 0. The minimum Gasteiger partial charge on any atom is -0.461 e. The highest BCUT2D eigenvalue weighted by Gasteiger charge is 2.81. The Balaban J connectivity index is 2.19. The summed E-state index contributed by atoms with van der Waals surface area (Å²) in [6, 6.07) is -1.59. The van der Waals surface area contributed by atoms with Crippen LogP contribution in [-0.4, -0.2) is 81.8 Å². The number of esters is 1. The van der Waals surface area contributed by atoms with E-state index in [4.69, 9.17) is 9.47 Å². The van der Waals surface area contributed by atoms with Gasteiger partial charge in [0, 0.05) is 12.6 Å². The van der Waals surface area contributed by atoms with Gasteiger partial charge in [-0.05, 0) is 38.5 Å². The molecule has 3 fully saturated rings. The van der Waals surface area contributed by atoms with Gasteiger partial charge in [0.05, 0.1) is 24.2 Å². The van der Waals surface area contributed by atoms with Crippen LogP contribution in [0.1, 0.15) is 67.2 Å². The van der Waals surface area contributed by atoms with Crippen LogP contribution >= 0.6 is 0 Å². The van der Waals surface area contributed by atoms with Crippen molar-refractivity contribution in [2.75, 3.05) is 19.8 Å². The second-order valence-corrected chi connectivity index (χ2v) is 11.4. The molecule has 1 spiro atoms. The first-order valence-corrected chi connectivity index (χ1v) is 13.8. The van der Waals surface area contributed by atoms with Crippen molar-refractivity contribution in [2.45, 2.75) is 96.6 Å². The quantitative estimate of drug-likeness (QED) is 0.297. The van der Waals surface area contributed by atoms with Gasteiger partial charge < -0.3 is 24.4 Å². The molecule has 2 bridgehead atoms. The molecule has 3 heterocycles. The van der Waals surface area contributed by atoms with Gasteiger partial charge in [0.1, 0.15) is 24.2 Å². The molecule has 0 aromatic rings. The van der Waals surface area contributed by atoms with E-state index in [1.165, 1.54) is 6.08 Å². The van der Waals surface area contributed by atoms with Crippen molar-refractivity contribution in [3.63, 3.8) is 0 Å². The predicted octanol–water partition coefficient (Wildman–Crippen LogP) is 3.34. The molecule has 0 aromatic carbocycles. The molecule has 0 saturated carbocycles. The molecular weight excluding hydrogens is 472 g/mol. The Labute approximate surface area is 222 Å². The molecule has 37 heavy (non-hydrogen) atoms. The van der Waals surface area contributed by atoms with Crippen molar-refractivity contribution in [1.29, 1.82) is 0 Å². The fraction of sp³-hybridized carbons (Fsp3) is 0.759. The zero-order chi connectivity index (χ0) is 27.7. The predicted molar refractivity (Wildman–Crippen MR) is 141 cm³/mol. The van der Waals surface area contributed by atoms with Crippen molar-refractivity contribution in [3.05, 3.63) is 25.3 Å². The van der Waals surface area contributed by atoms with Gasteiger partial charge in [-0.2, -0.15) is 0 Å². The van der Waals surface area contributed by atoms with Gasteiger partial charge in [-0.15, -0.1) is 6.58 Å². The topological polar surface area (TPSA) is 96.4 Å². The number of amides is 2. The number of carbonyl (C=O) groups excluding carboxylic acids is 3. The average molecular weight is 519 g/mol. The number of hydrogen-bond donors (Lipinski definition) is 1. The Kier molecular flexibility index (Phi) is 8.95. The fourth-order valence-corrected chi connectivity index (χ4v) is 7.07. The lowest BCUT2D eigenvalue weighted by atomic mass is 9.62. The van der Waals surface area contributed by atoms with E-state index >= 15 is 0 Å². The number of ether oxygens (including phenoxy) is 2. The summed E-state index contributed by atoms with van der Waals surface area (Å²) in [5, 5.41) is 10.5. The minimum absolute atomic E-state index is 0.0353. The first-order chi connectivity index (χ1) is 17.5. The van der Waals surface area contributed by atoms with Crippen LogP contribution < -0.4 is 0 Å². The van der Waals surface area contributed by atoms with Crippen molar-refractivity contribution < 1.29 is 29.0 Å².